The van der Waals surface area contributed by atoms with Gasteiger partial charge < -0.3 is 0 Å². The Bertz CT molecular complexity index is 976. The maximum atomic E-state index is 12.2. The van der Waals surface area contributed by atoms with Crippen molar-refractivity contribution in [2.45, 2.75) is 62.5 Å². The summed E-state index contributed by atoms with van der Waals surface area (Å²) in [6, 6.07) is 14.4. The molecule has 0 aliphatic heterocycles. The zero-order valence-corrected chi connectivity index (χ0v) is 18.5. The maximum absolute atomic E-state index is 12.2. The van der Waals surface area contributed by atoms with E-state index in [1.165, 1.54) is 0 Å². The van der Waals surface area contributed by atoms with Crippen molar-refractivity contribution in [2.24, 2.45) is 0 Å². The highest BCUT2D eigenvalue weighted by Gasteiger charge is 2.17. The highest BCUT2D eigenvalue weighted by Crippen LogP contribution is 2.15. The van der Waals surface area contributed by atoms with Gasteiger partial charge in [0.2, 0.25) is 10.0 Å². The van der Waals surface area contributed by atoms with Gasteiger partial charge in [-0.1, -0.05) is 36.4 Å². The highest BCUT2D eigenvalue weighted by molar-refractivity contribution is 7.91. The van der Waals surface area contributed by atoms with Gasteiger partial charge in [-0.05, 0) is 69.4 Å². The maximum Gasteiger partial charge on any atom is 0.240 e. The quantitative estimate of drug-likeness (QED) is 0.670. The minimum atomic E-state index is -3.47. The van der Waals surface area contributed by atoms with Gasteiger partial charge in [0.25, 0.3) is 0 Å². The standard InChI is InChI=1S/C21H29NO4S2/c1-16(2)22-28(25,26)21-13-11-19(12-14-21)6-5-18-7-9-20(10-8-18)15-27(23,24)17(3)4/h7-14,16-17,22H,5-6,15H2,1-4H3. The third-order valence-corrected chi connectivity index (χ3v) is 8.28. The lowest BCUT2D eigenvalue weighted by atomic mass is 10.0. The Morgan fingerprint density at radius 1 is 0.714 bits per heavy atom. The lowest BCUT2D eigenvalue weighted by molar-refractivity contribution is 0.569. The average molecular weight is 424 g/mol. The summed E-state index contributed by atoms with van der Waals surface area (Å²) >= 11 is 0. The van der Waals surface area contributed by atoms with E-state index in [-0.39, 0.29) is 21.9 Å². The van der Waals surface area contributed by atoms with E-state index in [9.17, 15) is 16.8 Å². The number of benzene rings is 2. The lowest BCUT2D eigenvalue weighted by Gasteiger charge is -2.10. The zero-order chi connectivity index (χ0) is 20.9. The minimum absolute atomic E-state index is 0.0608. The summed E-state index contributed by atoms with van der Waals surface area (Å²) in [4.78, 5) is 0.265. The number of hydrogen-bond acceptors (Lipinski definition) is 4. The predicted octanol–water partition coefficient (Wildman–Crippen LogP) is 3.48. The molecule has 154 valence electrons. The summed E-state index contributed by atoms with van der Waals surface area (Å²) < 4.78 is 50.9. The van der Waals surface area contributed by atoms with Gasteiger partial charge in [-0.25, -0.2) is 21.6 Å². The van der Waals surface area contributed by atoms with Gasteiger partial charge in [-0.2, -0.15) is 0 Å². The molecule has 28 heavy (non-hydrogen) atoms. The van der Waals surface area contributed by atoms with Gasteiger partial charge in [0, 0.05) is 6.04 Å². The number of sulfonamides is 1. The van der Waals surface area contributed by atoms with Crippen LogP contribution in [0.5, 0.6) is 0 Å². The molecule has 2 rings (SSSR count). The van der Waals surface area contributed by atoms with E-state index in [1.54, 1.807) is 39.8 Å². The van der Waals surface area contributed by atoms with Gasteiger partial charge in [-0.3, -0.25) is 0 Å². The van der Waals surface area contributed by atoms with E-state index >= 15 is 0 Å². The molecule has 0 aromatic heterocycles. The van der Waals surface area contributed by atoms with Gasteiger partial charge in [-0.15, -0.1) is 0 Å². The topological polar surface area (TPSA) is 80.3 Å². The van der Waals surface area contributed by atoms with Crippen molar-refractivity contribution in [2.75, 3.05) is 0 Å². The Balaban J connectivity index is 1.97. The molecule has 0 saturated carbocycles. The molecule has 0 spiro atoms. The number of hydrogen-bond donors (Lipinski definition) is 1. The third kappa shape index (κ3) is 6.43. The van der Waals surface area contributed by atoms with Crippen LogP contribution in [0.25, 0.3) is 0 Å². The van der Waals surface area contributed by atoms with Crippen LogP contribution in [0.15, 0.2) is 53.4 Å². The molecule has 0 atom stereocenters. The van der Waals surface area contributed by atoms with E-state index in [1.807, 2.05) is 36.4 Å². The monoisotopic (exact) mass is 423 g/mol. The van der Waals surface area contributed by atoms with E-state index < -0.39 is 19.9 Å². The van der Waals surface area contributed by atoms with E-state index in [0.717, 1.165) is 29.5 Å². The molecule has 0 aliphatic rings. The molecule has 0 radical (unpaired) electrons. The second-order valence-corrected chi connectivity index (χ2v) is 11.9. The summed E-state index contributed by atoms with van der Waals surface area (Å²) in [6.45, 7) is 6.96. The first-order chi connectivity index (χ1) is 13.0. The van der Waals surface area contributed by atoms with Crippen molar-refractivity contribution in [3.05, 3.63) is 65.2 Å². The Morgan fingerprint density at radius 3 is 1.57 bits per heavy atom. The summed E-state index contributed by atoms with van der Waals surface area (Å²) in [7, 11) is -6.57. The van der Waals surface area contributed by atoms with Crippen molar-refractivity contribution >= 4 is 19.9 Å². The molecule has 0 fully saturated rings. The Morgan fingerprint density at radius 2 is 1.14 bits per heavy atom. The second-order valence-electron chi connectivity index (χ2n) is 7.59. The largest absolute Gasteiger partial charge is 0.240 e. The first-order valence-electron chi connectivity index (χ1n) is 9.40. The number of sulfone groups is 1. The van der Waals surface area contributed by atoms with Crippen molar-refractivity contribution in [3.8, 4) is 0 Å². The van der Waals surface area contributed by atoms with Crippen LogP contribution < -0.4 is 4.72 Å². The van der Waals surface area contributed by atoms with E-state index in [4.69, 9.17) is 0 Å². The van der Waals surface area contributed by atoms with Gasteiger partial charge in [0.1, 0.15) is 0 Å². The van der Waals surface area contributed by atoms with Crippen molar-refractivity contribution < 1.29 is 16.8 Å². The van der Waals surface area contributed by atoms with Crippen molar-refractivity contribution in [1.29, 1.82) is 0 Å². The molecular weight excluding hydrogens is 394 g/mol. The molecule has 0 bridgehead atoms. The van der Waals surface area contributed by atoms with Gasteiger partial charge in [0.15, 0.2) is 9.84 Å². The first kappa shape index (κ1) is 22.6. The van der Waals surface area contributed by atoms with Crippen LogP contribution in [0.2, 0.25) is 0 Å². The van der Waals surface area contributed by atoms with Crippen LogP contribution >= 0.6 is 0 Å². The zero-order valence-electron chi connectivity index (χ0n) is 16.8. The fourth-order valence-corrected chi connectivity index (χ4v) is 4.94. The molecule has 2 aromatic carbocycles. The third-order valence-electron chi connectivity index (χ3n) is 4.44. The molecule has 1 N–H and O–H groups in total. The highest BCUT2D eigenvalue weighted by atomic mass is 32.2. The summed E-state index contributed by atoms with van der Waals surface area (Å²) in [5, 5.41) is -0.380. The molecule has 7 heteroatoms. The Kier molecular flexibility index (Phi) is 7.42. The number of rotatable bonds is 9. The molecule has 0 unspecified atom stereocenters. The fraction of sp³-hybridized carbons (Fsp3) is 0.429. The first-order valence-corrected chi connectivity index (χ1v) is 12.6. The van der Waals surface area contributed by atoms with Crippen LogP contribution in [0, 0.1) is 0 Å². The van der Waals surface area contributed by atoms with Crippen LogP contribution in [0.3, 0.4) is 0 Å². The fourth-order valence-electron chi connectivity index (χ4n) is 2.70. The van der Waals surface area contributed by atoms with Crippen molar-refractivity contribution in [1.82, 2.24) is 4.72 Å². The molecule has 0 heterocycles. The molecule has 0 amide bonds. The summed E-state index contributed by atoms with van der Waals surface area (Å²) in [5.74, 6) is 0.0608. The molecule has 0 aliphatic carbocycles. The number of nitrogens with one attached hydrogen (secondary N) is 1. The second kappa shape index (κ2) is 9.20. The van der Waals surface area contributed by atoms with Crippen LogP contribution in [-0.2, 0) is 38.5 Å². The van der Waals surface area contributed by atoms with Gasteiger partial charge >= 0.3 is 0 Å². The molecule has 5 nitrogen and oxygen atoms in total. The van der Waals surface area contributed by atoms with E-state index in [2.05, 4.69) is 4.72 Å². The van der Waals surface area contributed by atoms with Crippen LogP contribution in [-0.4, -0.2) is 28.1 Å². The number of aryl methyl sites for hydroxylation is 2. The van der Waals surface area contributed by atoms with Gasteiger partial charge in [0.05, 0.1) is 15.9 Å². The summed E-state index contributed by atoms with van der Waals surface area (Å²) in [5.41, 5.74) is 2.96. The predicted molar refractivity (Wildman–Crippen MR) is 114 cm³/mol. The minimum Gasteiger partial charge on any atom is -0.228 e. The molecule has 2 aromatic rings. The van der Waals surface area contributed by atoms with E-state index in [0.29, 0.717) is 0 Å². The smallest absolute Gasteiger partial charge is 0.228 e. The summed E-state index contributed by atoms with van der Waals surface area (Å²) in [6.07, 6.45) is 1.58. The van der Waals surface area contributed by atoms with Crippen molar-refractivity contribution in [3.63, 3.8) is 0 Å². The van der Waals surface area contributed by atoms with Crippen LogP contribution in [0.4, 0.5) is 0 Å². The Hall–Kier alpha value is -1.70. The Labute approximate surface area is 169 Å². The van der Waals surface area contributed by atoms with Crippen LogP contribution in [0.1, 0.15) is 44.4 Å². The lowest BCUT2D eigenvalue weighted by Crippen LogP contribution is -2.30. The molecule has 0 saturated heterocycles. The normalized spacial score (nSPS) is 12.6. The average Bonchev–Trinajstić information content (AvgIpc) is 2.60. The SMILES string of the molecule is CC(C)NS(=O)(=O)c1ccc(CCc2ccc(CS(=O)(=O)C(C)C)cc2)cc1. The molecular formula is C21H29NO4S2.